The van der Waals surface area contributed by atoms with Gasteiger partial charge < -0.3 is 9.47 Å². The summed E-state index contributed by atoms with van der Waals surface area (Å²) in [6, 6.07) is -0.105. The molecular formula is C13H23NO5S. The predicted octanol–water partition coefficient (Wildman–Crippen LogP) is 0.626. The smallest absolute Gasteiger partial charge is 0.321 e. The van der Waals surface area contributed by atoms with Crippen molar-refractivity contribution in [1.82, 2.24) is 4.31 Å². The van der Waals surface area contributed by atoms with Gasteiger partial charge in [-0.2, -0.15) is 4.31 Å². The number of hydrogen-bond donors (Lipinski definition) is 0. The minimum Gasteiger partial charge on any atom is -0.465 e. The molecular weight excluding hydrogens is 282 g/mol. The summed E-state index contributed by atoms with van der Waals surface area (Å²) in [5, 5.41) is 0. The van der Waals surface area contributed by atoms with Gasteiger partial charge in [-0.1, -0.05) is 0 Å². The van der Waals surface area contributed by atoms with Crippen molar-refractivity contribution in [2.24, 2.45) is 11.8 Å². The molecule has 6 nitrogen and oxygen atoms in total. The number of ether oxygens (including phenoxy) is 2. The second-order valence-electron chi connectivity index (χ2n) is 5.62. The Bertz CT molecular complexity index is 436. The zero-order valence-corrected chi connectivity index (χ0v) is 12.9. The molecule has 1 saturated carbocycles. The zero-order valence-electron chi connectivity index (χ0n) is 12.1. The van der Waals surface area contributed by atoms with Crippen LogP contribution in [0.3, 0.4) is 0 Å². The minimum absolute atomic E-state index is 0.105. The average molecular weight is 305 g/mol. The van der Waals surface area contributed by atoms with Gasteiger partial charge in [-0.05, 0) is 38.0 Å². The quantitative estimate of drug-likeness (QED) is 0.697. The monoisotopic (exact) mass is 305 g/mol. The van der Waals surface area contributed by atoms with Crippen LogP contribution in [0.15, 0.2) is 0 Å². The molecule has 0 unspecified atom stereocenters. The fraction of sp³-hybridized carbons (Fsp3) is 0.923. The molecule has 1 aliphatic carbocycles. The maximum Gasteiger partial charge on any atom is 0.321 e. The maximum atomic E-state index is 12.0. The van der Waals surface area contributed by atoms with Gasteiger partial charge in [0, 0.05) is 19.3 Å². The molecule has 3 atom stereocenters. The molecule has 20 heavy (non-hydrogen) atoms. The van der Waals surface area contributed by atoms with E-state index in [0.717, 1.165) is 32.1 Å². The molecule has 0 bridgehead atoms. The van der Waals surface area contributed by atoms with E-state index >= 15 is 0 Å². The van der Waals surface area contributed by atoms with E-state index < -0.39 is 16.0 Å². The SMILES string of the molecule is CCOC(=O)CN([C@H]1C[C@H]2CCOC[C@H]2C1)S(C)(=O)=O. The molecule has 0 aromatic rings. The summed E-state index contributed by atoms with van der Waals surface area (Å²) < 4.78 is 35.5. The molecule has 2 aliphatic rings. The Kier molecular flexibility index (Phi) is 5.04. The topological polar surface area (TPSA) is 72.9 Å². The Balaban J connectivity index is 2.06. The van der Waals surface area contributed by atoms with Crippen LogP contribution >= 0.6 is 0 Å². The van der Waals surface area contributed by atoms with E-state index in [0.29, 0.717) is 18.4 Å². The van der Waals surface area contributed by atoms with E-state index in [1.165, 1.54) is 4.31 Å². The molecule has 1 saturated heterocycles. The van der Waals surface area contributed by atoms with E-state index in [9.17, 15) is 13.2 Å². The van der Waals surface area contributed by atoms with E-state index in [-0.39, 0.29) is 19.2 Å². The van der Waals surface area contributed by atoms with Crippen LogP contribution in [-0.4, -0.2) is 57.4 Å². The highest BCUT2D eigenvalue weighted by atomic mass is 32.2. The van der Waals surface area contributed by atoms with Crippen LogP contribution in [0.25, 0.3) is 0 Å². The summed E-state index contributed by atoms with van der Waals surface area (Å²) in [5.41, 5.74) is 0. The number of esters is 1. The van der Waals surface area contributed by atoms with Crippen LogP contribution in [0, 0.1) is 11.8 Å². The second kappa shape index (κ2) is 6.41. The number of carbonyl (C=O) groups excluding carboxylic acids is 1. The lowest BCUT2D eigenvalue weighted by molar-refractivity contribution is -0.143. The van der Waals surface area contributed by atoms with Crippen molar-refractivity contribution in [3.05, 3.63) is 0 Å². The van der Waals surface area contributed by atoms with Crippen molar-refractivity contribution < 1.29 is 22.7 Å². The number of hydrogen-bond acceptors (Lipinski definition) is 5. The number of fused-ring (bicyclic) bond motifs is 1. The molecule has 0 N–H and O–H groups in total. The largest absolute Gasteiger partial charge is 0.465 e. The van der Waals surface area contributed by atoms with Crippen LogP contribution < -0.4 is 0 Å². The van der Waals surface area contributed by atoms with Gasteiger partial charge in [-0.15, -0.1) is 0 Å². The van der Waals surface area contributed by atoms with E-state index in [2.05, 4.69) is 0 Å². The van der Waals surface area contributed by atoms with E-state index in [1.54, 1.807) is 6.92 Å². The van der Waals surface area contributed by atoms with E-state index in [4.69, 9.17) is 9.47 Å². The second-order valence-corrected chi connectivity index (χ2v) is 7.56. The van der Waals surface area contributed by atoms with Crippen molar-refractivity contribution in [2.45, 2.75) is 32.2 Å². The Morgan fingerprint density at radius 1 is 1.35 bits per heavy atom. The third-order valence-corrected chi connectivity index (χ3v) is 5.48. The summed E-state index contributed by atoms with van der Waals surface area (Å²) in [5.74, 6) is 0.449. The van der Waals surface area contributed by atoms with Gasteiger partial charge in [0.25, 0.3) is 0 Å². The van der Waals surface area contributed by atoms with Crippen molar-refractivity contribution >= 4 is 16.0 Å². The van der Waals surface area contributed by atoms with Gasteiger partial charge in [-0.3, -0.25) is 4.79 Å². The summed E-state index contributed by atoms with van der Waals surface area (Å²) >= 11 is 0. The molecule has 0 amide bonds. The lowest BCUT2D eigenvalue weighted by atomic mass is 9.92. The Labute approximate surface area is 120 Å². The molecule has 0 aromatic heterocycles. The first-order valence-electron chi connectivity index (χ1n) is 7.12. The standard InChI is InChI=1S/C13H23NO5S/c1-3-19-13(15)8-14(20(2,16)17)12-6-10-4-5-18-9-11(10)7-12/h10-12H,3-9H2,1-2H3/t10-,11-,12+/m1/s1. The minimum atomic E-state index is -3.41. The predicted molar refractivity (Wildman–Crippen MR) is 73.6 cm³/mol. The van der Waals surface area contributed by atoms with Crippen molar-refractivity contribution in [3.8, 4) is 0 Å². The Hall–Kier alpha value is -0.660. The van der Waals surface area contributed by atoms with Gasteiger partial charge in [0.2, 0.25) is 10.0 Å². The van der Waals surface area contributed by atoms with Crippen molar-refractivity contribution in [2.75, 3.05) is 32.6 Å². The molecule has 0 aromatic carbocycles. The number of sulfonamides is 1. The first kappa shape index (κ1) is 15.7. The van der Waals surface area contributed by atoms with Gasteiger partial charge in [-0.25, -0.2) is 8.42 Å². The first-order chi connectivity index (χ1) is 9.41. The first-order valence-corrected chi connectivity index (χ1v) is 8.96. The van der Waals surface area contributed by atoms with Crippen LogP contribution in [0.2, 0.25) is 0 Å². The van der Waals surface area contributed by atoms with Crippen LogP contribution in [0.4, 0.5) is 0 Å². The highest BCUT2D eigenvalue weighted by Gasteiger charge is 2.41. The van der Waals surface area contributed by atoms with Gasteiger partial charge in [0.05, 0.1) is 12.9 Å². The molecule has 116 valence electrons. The van der Waals surface area contributed by atoms with E-state index in [1.807, 2.05) is 0 Å². The van der Waals surface area contributed by atoms with Crippen LogP contribution in [-0.2, 0) is 24.3 Å². The van der Waals surface area contributed by atoms with Crippen LogP contribution in [0.1, 0.15) is 26.2 Å². The third-order valence-electron chi connectivity index (χ3n) is 4.20. The van der Waals surface area contributed by atoms with Crippen molar-refractivity contribution in [3.63, 3.8) is 0 Å². The Morgan fingerprint density at radius 2 is 2.05 bits per heavy atom. The molecule has 2 rings (SSSR count). The summed E-state index contributed by atoms with van der Waals surface area (Å²) in [6.07, 6.45) is 3.74. The highest BCUT2D eigenvalue weighted by molar-refractivity contribution is 7.88. The number of rotatable bonds is 5. The van der Waals surface area contributed by atoms with Gasteiger partial charge in [0.1, 0.15) is 6.54 Å². The lowest BCUT2D eigenvalue weighted by Crippen LogP contribution is -2.42. The molecule has 2 fully saturated rings. The highest BCUT2D eigenvalue weighted by Crippen LogP contribution is 2.40. The Morgan fingerprint density at radius 3 is 2.65 bits per heavy atom. The summed E-state index contributed by atoms with van der Waals surface area (Å²) in [7, 11) is -3.41. The molecule has 1 heterocycles. The normalized spacial score (nSPS) is 30.2. The number of nitrogens with zero attached hydrogens (tertiary/aromatic N) is 1. The fourth-order valence-electron chi connectivity index (χ4n) is 3.29. The average Bonchev–Trinajstić information content (AvgIpc) is 2.78. The van der Waals surface area contributed by atoms with Gasteiger partial charge in [0.15, 0.2) is 0 Å². The third kappa shape index (κ3) is 3.71. The molecule has 0 radical (unpaired) electrons. The van der Waals surface area contributed by atoms with Crippen molar-refractivity contribution in [1.29, 1.82) is 0 Å². The molecule has 7 heteroatoms. The molecule has 1 aliphatic heterocycles. The lowest BCUT2D eigenvalue weighted by Gasteiger charge is -2.25. The van der Waals surface area contributed by atoms with Crippen LogP contribution in [0.5, 0.6) is 0 Å². The molecule has 0 spiro atoms. The fourth-order valence-corrected chi connectivity index (χ4v) is 4.35. The zero-order chi connectivity index (χ0) is 14.8. The summed E-state index contributed by atoms with van der Waals surface area (Å²) in [6.45, 7) is 3.25. The maximum absolute atomic E-state index is 12.0. The summed E-state index contributed by atoms with van der Waals surface area (Å²) in [4.78, 5) is 11.6. The number of carbonyl (C=O) groups is 1. The van der Waals surface area contributed by atoms with Gasteiger partial charge >= 0.3 is 5.97 Å².